The Balaban J connectivity index is 1.16. The molecule has 47 heavy (non-hydrogen) atoms. The smallest absolute Gasteiger partial charge is 0.164 e. The summed E-state index contributed by atoms with van der Waals surface area (Å²) in [5.41, 5.74) is 8.84. The molecule has 0 fully saturated rings. The van der Waals surface area contributed by atoms with Crippen LogP contribution < -0.4 is 4.74 Å². The van der Waals surface area contributed by atoms with Crippen molar-refractivity contribution in [3.63, 3.8) is 0 Å². The van der Waals surface area contributed by atoms with Crippen LogP contribution in [0, 0.1) is 0 Å². The summed E-state index contributed by atoms with van der Waals surface area (Å²) in [5.74, 6) is 3.71. The van der Waals surface area contributed by atoms with Gasteiger partial charge in [0.2, 0.25) is 0 Å². The monoisotopic (exact) mass is 607 g/mol. The molecule has 0 aliphatic carbocycles. The van der Waals surface area contributed by atoms with E-state index in [1.165, 1.54) is 11.1 Å². The third-order valence-corrected chi connectivity index (χ3v) is 9.19. The van der Waals surface area contributed by atoms with Crippen molar-refractivity contribution in [3.05, 3.63) is 151 Å². The van der Waals surface area contributed by atoms with Crippen LogP contribution in [0.5, 0.6) is 11.5 Å². The number of aromatic nitrogens is 3. The summed E-state index contributed by atoms with van der Waals surface area (Å²) < 4.78 is 12.6. The Kier molecular flexibility index (Phi) is 6.09. The van der Waals surface area contributed by atoms with Gasteiger partial charge in [0.15, 0.2) is 17.5 Å². The minimum Gasteiger partial charge on any atom is -0.457 e. The van der Waals surface area contributed by atoms with Crippen LogP contribution in [0.4, 0.5) is 0 Å². The quantitative estimate of drug-likeness (QED) is 0.199. The van der Waals surface area contributed by atoms with E-state index in [4.69, 9.17) is 24.1 Å². The minimum atomic E-state index is -0.191. The number of rotatable bonds is 4. The number of hydrogen-bond donors (Lipinski definition) is 0. The molecule has 0 unspecified atom stereocenters. The highest BCUT2D eigenvalue weighted by atomic mass is 16.5. The Labute approximate surface area is 272 Å². The molecule has 0 N–H and O–H groups in total. The normalized spacial score (nSPS) is 13.2. The molecule has 0 bridgehead atoms. The van der Waals surface area contributed by atoms with Gasteiger partial charge in [0.25, 0.3) is 0 Å². The lowest BCUT2D eigenvalue weighted by Gasteiger charge is -2.34. The third-order valence-electron chi connectivity index (χ3n) is 9.19. The fraction of sp³-hybridized carbons (Fsp3) is 0.0714. The second-order valence-corrected chi connectivity index (χ2v) is 12.5. The van der Waals surface area contributed by atoms with Crippen molar-refractivity contribution in [1.82, 2.24) is 15.0 Å². The molecule has 6 aromatic carbocycles. The van der Waals surface area contributed by atoms with Crippen molar-refractivity contribution in [2.75, 3.05) is 0 Å². The van der Waals surface area contributed by atoms with E-state index < -0.39 is 0 Å². The summed E-state index contributed by atoms with van der Waals surface area (Å²) in [7, 11) is 0. The molecule has 2 aromatic heterocycles. The number of para-hydroxylation sites is 1. The first kappa shape index (κ1) is 27.3. The maximum atomic E-state index is 6.32. The topological polar surface area (TPSA) is 61.0 Å². The van der Waals surface area contributed by atoms with Gasteiger partial charge in [-0.3, -0.25) is 0 Å². The highest BCUT2D eigenvalue weighted by Crippen LogP contribution is 2.49. The maximum Gasteiger partial charge on any atom is 0.164 e. The Morgan fingerprint density at radius 3 is 1.57 bits per heavy atom. The van der Waals surface area contributed by atoms with Crippen LogP contribution in [0.1, 0.15) is 25.0 Å². The summed E-state index contributed by atoms with van der Waals surface area (Å²) in [6.45, 7) is 4.53. The summed E-state index contributed by atoms with van der Waals surface area (Å²) in [6, 6.07) is 47.4. The van der Waals surface area contributed by atoms with E-state index in [2.05, 4.69) is 68.4 Å². The van der Waals surface area contributed by atoms with E-state index >= 15 is 0 Å². The first-order valence-electron chi connectivity index (χ1n) is 15.8. The largest absolute Gasteiger partial charge is 0.457 e. The van der Waals surface area contributed by atoms with E-state index in [1.807, 2.05) is 84.9 Å². The molecule has 0 amide bonds. The van der Waals surface area contributed by atoms with Gasteiger partial charge in [0.1, 0.15) is 22.7 Å². The Morgan fingerprint density at radius 2 is 0.915 bits per heavy atom. The van der Waals surface area contributed by atoms with Crippen LogP contribution in [0.2, 0.25) is 0 Å². The second kappa shape index (κ2) is 10.5. The average molecular weight is 608 g/mol. The van der Waals surface area contributed by atoms with Crippen LogP contribution in [-0.4, -0.2) is 15.0 Å². The summed E-state index contributed by atoms with van der Waals surface area (Å²) in [5, 5.41) is 2.05. The van der Waals surface area contributed by atoms with Gasteiger partial charge in [-0.1, -0.05) is 105 Å². The zero-order valence-corrected chi connectivity index (χ0v) is 25.9. The van der Waals surface area contributed by atoms with Gasteiger partial charge in [-0.25, -0.2) is 15.0 Å². The third kappa shape index (κ3) is 4.59. The predicted octanol–water partition coefficient (Wildman–Crippen LogP) is 10.9. The predicted molar refractivity (Wildman–Crippen MR) is 187 cm³/mol. The van der Waals surface area contributed by atoms with Gasteiger partial charge >= 0.3 is 0 Å². The van der Waals surface area contributed by atoms with Gasteiger partial charge < -0.3 is 9.15 Å². The molecule has 5 nitrogen and oxygen atoms in total. The van der Waals surface area contributed by atoms with E-state index in [1.54, 1.807) is 0 Å². The molecule has 0 saturated carbocycles. The van der Waals surface area contributed by atoms with Crippen molar-refractivity contribution >= 4 is 21.9 Å². The number of hydrogen-bond acceptors (Lipinski definition) is 5. The van der Waals surface area contributed by atoms with Crippen LogP contribution in [0.3, 0.4) is 0 Å². The van der Waals surface area contributed by atoms with Crippen molar-refractivity contribution in [2.24, 2.45) is 0 Å². The molecule has 224 valence electrons. The molecule has 0 saturated heterocycles. The second-order valence-electron chi connectivity index (χ2n) is 12.5. The number of benzene rings is 6. The lowest BCUT2D eigenvalue weighted by Crippen LogP contribution is -2.24. The van der Waals surface area contributed by atoms with E-state index in [9.17, 15) is 0 Å². The molecular weight excluding hydrogens is 578 g/mol. The van der Waals surface area contributed by atoms with Crippen LogP contribution >= 0.6 is 0 Å². The molecule has 3 heterocycles. The molecule has 1 aliphatic heterocycles. The number of furan rings is 1. The molecule has 9 rings (SSSR count). The lowest BCUT2D eigenvalue weighted by molar-refractivity contribution is 0.418. The lowest BCUT2D eigenvalue weighted by atomic mass is 9.75. The molecule has 0 radical (unpaired) electrons. The number of ether oxygens (including phenoxy) is 1. The Bertz CT molecular complexity index is 2410. The number of fused-ring (bicyclic) bond motifs is 5. The zero-order valence-electron chi connectivity index (χ0n) is 25.9. The van der Waals surface area contributed by atoms with Gasteiger partial charge in [0, 0.05) is 44.0 Å². The van der Waals surface area contributed by atoms with Gasteiger partial charge in [-0.05, 0) is 59.7 Å². The van der Waals surface area contributed by atoms with E-state index in [0.29, 0.717) is 17.5 Å². The maximum absolute atomic E-state index is 6.32. The highest BCUT2D eigenvalue weighted by Gasteiger charge is 2.34. The average Bonchev–Trinajstić information content (AvgIpc) is 3.49. The van der Waals surface area contributed by atoms with E-state index in [-0.39, 0.29) is 5.41 Å². The van der Waals surface area contributed by atoms with Crippen LogP contribution in [-0.2, 0) is 5.41 Å². The summed E-state index contributed by atoms with van der Waals surface area (Å²) >= 11 is 0. The molecule has 5 heteroatoms. The SMILES string of the molecule is CC1(C)c2ccccc2Oc2ccc(-c3ccc4oc5ccc(-c6nc(-c7ccccc7)nc(-c7ccccc7)n6)cc5c4c3)cc21. The fourth-order valence-corrected chi connectivity index (χ4v) is 6.66. The van der Waals surface area contributed by atoms with Crippen molar-refractivity contribution < 1.29 is 9.15 Å². The van der Waals surface area contributed by atoms with E-state index in [0.717, 1.165) is 61.3 Å². The summed E-state index contributed by atoms with van der Waals surface area (Å²) in [6.07, 6.45) is 0. The molecule has 1 aliphatic rings. The van der Waals surface area contributed by atoms with Gasteiger partial charge in [-0.15, -0.1) is 0 Å². The van der Waals surface area contributed by atoms with Crippen molar-refractivity contribution in [2.45, 2.75) is 19.3 Å². The first-order chi connectivity index (χ1) is 23.0. The van der Waals surface area contributed by atoms with Gasteiger partial charge in [-0.2, -0.15) is 0 Å². The zero-order chi connectivity index (χ0) is 31.5. The molecular formula is C42H29N3O2. The minimum absolute atomic E-state index is 0.191. The molecule has 8 aromatic rings. The Morgan fingerprint density at radius 1 is 0.426 bits per heavy atom. The Hall–Kier alpha value is -6.07. The van der Waals surface area contributed by atoms with Crippen molar-refractivity contribution in [1.29, 1.82) is 0 Å². The molecule has 0 atom stereocenters. The molecule has 0 spiro atoms. The van der Waals surface area contributed by atoms with Crippen LogP contribution in [0.25, 0.3) is 67.2 Å². The van der Waals surface area contributed by atoms with Crippen LogP contribution in [0.15, 0.2) is 144 Å². The summed E-state index contributed by atoms with van der Waals surface area (Å²) in [4.78, 5) is 14.7. The first-order valence-corrected chi connectivity index (χ1v) is 15.8. The highest BCUT2D eigenvalue weighted by molar-refractivity contribution is 6.07. The van der Waals surface area contributed by atoms with Crippen molar-refractivity contribution in [3.8, 4) is 56.8 Å². The number of nitrogens with zero attached hydrogens (tertiary/aromatic N) is 3. The van der Waals surface area contributed by atoms with Gasteiger partial charge in [0.05, 0.1) is 0 Å². The standard InChI is InChI=1S/C42H29N3O2/c1-42(2)33-15-9-10-16-37(33)47-38-22-18-29(25-34(38)42)28-17-20-35-31(23-28)32-24-30(19-21-36(32)46-35)41-44-39(26-11-5-3-6-12-26)43-40(45-41)27-13-7-4-8-14-27/h3-25H,1-2H3. The fourth-order valence-electron chi connectivity index (χ4n) is 6.66.